The molecule has 3 nitrogen and oxygen atoms in total. The molecule has 0 radical (unpaired) electrons. The molecule has 1 aromatic rings. The van der Waals surface area contributed by atoms with Crippen LogP contribution in [0.4, 0.5) is 0 Å². The van der Waals surface area contributed by atoms with Crippen molar-refractivity contribution in [3.8, 4) is 0 Å². The molecule has 0 spiro atoms. The van der Waals surface area contributed by atoms with Crippen molar-refractivity contribution >= 4 is 22.9 Å². The van der Waals surface area contributed by atoms with E-state index in [1.165, 1.54) is 17.7 Å². The average Bonchev–Trinajstić information content (AvgIpc) is 2.76. The predicted molar refractivity (Wildman–Crippen MR) is 59.6 cm³/mol. The van der Waals surface area contributed by atoms with Crippen molar-refractivity contribution in [2.75, 3.05) is 13.1 Å². The Morgan fingerprint density at radius 1 is 1.71 bits per heavy atom. The van der Waals surface area contributed by atoms with Crippen LogP contribution in [0.15, 0.2) is 6.20 Å². The van der Waals surface area contributed by atoms with Crippen LogP contribution in [0.25, 0.3) is 0 Å². The van der Waals surface area contributed by atoms with Crippen LogP contribution >= 0.6 is 22.9 Å². The van der Waals surface area contributed by atoms with Gasteiger partial charge in [0.05, 0.1) is 0 Å². The normalized spacial score (nSPS) is 23.1. The number of likely N-dealkylation sites (tertiary alicyclic amines) is 1. The molecule has 1 aliphatic rings. The minimum atomic E-state index is 0.552. The minimum Gasteiger partial charge on any atom is -0.329 e. The van der Waals surface area contributed by atoms with E-state index in [2.05, 4.69) is 9.88 Å². The SMILES string of the molecule is NC[C@H]1CCCN1Cc1cnc(Cl)s1. The highest BCUT2D eigenvalue weighted by atomic mass is 35.5. The summed E-state index contributed by atoms with van der Waals surface area (Å²) >= 11 is 7.34. The van der Waals surface area contributed by atoms with Crippen molar-refractivity contribution < 1.29 is 0 Å². The Balaban J connectivity index is 1.96. The molecule has 0 amide bonds. The van der Waals surface area contributed by atoms with Gasteiger partial charge in [0.15, 0.2) is 4.47 Å². The summed E-state index contributed by atoms with van der Waals surface area (Å²) in [6.07, 6.45) is 4.34. The Morgan fingerprint density at radius 3 is 3.21 bits per heavy atom. The third-order valence-electron chi connectivity index (χ3n) is 2.66. The number of aromatic nitrogens is 1. The second-order valence-corrected chi connectivity index (χ2v) is 5.28. The smallest absolute Gasteiger partial charge is 0.183 e. The number of thiazole rings is 1. The predicted octanol–water partition coefficient (Wildman–Crippen LogP) is 1.72. The molecule has 78 valence electrons. The summed E-state index contributed by atoms with van der Waals surface area (Å²) < 4.78 is 0.628. The first-order valence-corrected chi connectivity index (χ1v) is 6.03. The van der Waals surface area contributed by atoms with Crippen LogP contribution in [-0.4, -0.2) is 29.0 Å². The summed E-state index contributed by atoms with van der Waals surface area (Å²) in [5.74, 6) is 0. The third kappa shape index (κ3) is 2.25. The van der Waals surface area contributed by atoms with Gasteiger partial charge >= 0.3 is 0 Å². The molecule has 5 heteroatoms. The lowest BCUT2D eigenvalue weighted by molar-refractivity contribution is 0.252. The lowest BCUT2D eigenvalue weighted by atomic mass is 10.2. The molecule has 2 N–H and O–H groups in total. The standard InChI is InChI=1S/C9H14ClN3S/c10-9-12-5-8(14-9)6-13-3-1-2-7(13)4-11/h5,7H,1-4,6,11H2/t7-/m1/s1. The van der Waals surface area contributed by atoms with Gasteiger partial charge in [-0.05, 0) is 19.4 Å². The van der Waals surface area contributed by atoms with Crippen LogP contribution < -0.4 is 5.73 Å². The van der Waals surface area contributed by atoms with Crippen molar-refractivity contribution in [2.45, 2.75) is 25.4 Å². The summed E-state index contributed by atoms with van der Waals surface area (Å²) in [6.45, 7) is 2.86. The Morgan fingerprint density at radius 2 is 2.57 bits per heavy atom. The van der Waals surface area contributed by atoms with Gasteiger partial charge in [0, 0.05) is 30.2 Å². The van der Waals surface area contributed by atoms with Crippen LogP contribution in [0, 0.1) is 0 Å². The number of hydrogen-bond acceptors (Lipinski definition) is 4. The van der Waals surface area contributed by atoms with E-state index in [0.717, 1.165) is 19.6 Å². The molecule has 1 aromatic heterocycles. The van der Waals surface area contributed by atoms with Gasteiger partial charge in [-0.3, -0.25) is 4.90 Å². The van der Waals surface area contributed by atoms with E-state index in [-0.39, 0.29) is 0 Å². The molecule has 0 aromatic carbocycles. The number of hydrogen-bond donors (Lipinski definition) is 1. The average molecular weight is 232 g/mol. The Hall–Kier alpha value is -0.160. The first-order chi connectivity index (χ1) is 6.79. The van der Waals surface area contributed by atoms with Crippen LogP contribution in [0.1, 0.15) is 17.7 Å². The molecule has 1 fully saturated rings. The van der Waals surface area contributed by atoms with Gasteiger partial charge in [-0.15, -0.1) is 11.3 Å². The fraction of sp³-hybridized carbons (Fsp3) is 0.667. The van der Waals surface area contributed by atoms with Gasteiger partial charge in [0.1, 0.15) is 0 Å². The van der Waals surface area contributed by atoms with Gasteiger partial charge in [-0.25, -0.2) is 4.98 Å². The number of rotatable bonds is 3. The second-order valence-electron chi connectivity index (χ2n) is 3.58. The molecule has 0 saturated carbocycles. The lowest BCUT2D eigenvalue weighted by Gasteiger charge is -2.21. The molecule has 0 bridgehead atoms. The summed E-state index contributed by atoms with van der Waals surface area (Å²) in [5.41, 5.74) is 5.70. The summed E-state index contributed by atoms with van der Waals surface area (Å²) in [5, 5.41) is 0. The Labute approximate surface area is 92.9 Å². The molecule has 14 heavy (non-hydrogen) atoms. The highest BCUT2D eigenvalue weighted by molar-refractivity contribution is 7.15. The van der Waals surface area contributed by atoms with Crippen molar-refractivity contribution in [2.24, 2.45) is 5.73 Å². The molecule has 2 heterocycles. The molecule has 2 rings (SSSR count). The Kier molecular flexibility index (Phi) is 3.38. The number of nitrogens with zero attached hydrogens (tertiary/aromatic N) is 2. The molecule has 0 aliphatic carbocycles. The van der Waals surface area contributed by atoms with Crippen LogP contribution in [-0.2, 0) is 6.54 Å². The molecular weight excluding hydrogens is 218 g/mol. The van der Waals surface area contributed by atoms with Gasteiger partial charge in [0.2, 0.25) is 0 Å². The van der Waals surface area contributed by atoms with Crippen molar-refractivity contribution in [3.05, 3.63) is 15.5 Å². The van der Waals surface area contributed by atoms with E-state index in [9.17, 15) is 0 Å². The number of halogens is 1. The highest BCUT2D eigenvalue weighted by Gasteiger charge is 2.23. The van der Waals surface area contributed by atoms with E-state index in [0.29, 0.717) is 10.5 Å². The first kappa shape index (κ1) is 10.4. The monoisotopic (exact) mass is 231 g/mol. The topological polar surface area (TPSA) is 42.1 Å². The highest BCUT2D eigenvalue weighted by Crippen LogP contribution is 2.23. The Bertz CT molecular complexity index is 302. The molecule has 1 atom stereocenters. The zero-order valence-electron chi connectivity index (χ0n) is 7.95. The first-order valence-electron chi connectivity index (χ1n) is 4.84. The zero-order chi connectivity index (χ0) is 9.97. The quantitative estimate of drug-likeness (QED) is 0.862. The maximum atomic E-state index is 5.78. The van der Waals surface area contributed by atoms with Crippen molar-refractivity contribution in [1.29, 1.82) is 0 Å². The van der Waals surface area contributed by atoms with Crippen molar-refractivity contribution in [1.82, 2.24) is 9.88 Å². The van der Waals surface area contributed by atoms with Gasteiger partial charge in [-0.1, -0.05) is 11.6 Å². The van der Waals surface area contributed by atoms with Gasteiger partial charge in [-0.2, -0.15) is 0 Å². The fourth-order valence-corrected chi connectivity index (χ4v) is 2.93. The van der Waals surface area contributed by atoms with E-state index in [1.54, 1.807) is 11.3 Å². The summed E-state index contributed by atoms with van der Waals surface area (Å²) in [7, 11) is 0. The maximum absolute atomic E-state index is 5.78. The number of nitrogens with two attached hydrogens (primary N) is 1. The lowest BCUT2D eigenvalue weighted by Crippen LogP contribution is -2.34. The van der Waals surface area contributed by atoms with Crippen molar-refractivity contribution in [3.63, 3.8) is 0 Å². The molecule has 1 saturated heterocycles. The minimum absolute atomic E-state index is 0.552. The largest absolute Gasteiger partial charge is 0.329 e. The zero-order valence-corrected chi connectivity index (χ0v) is 9.52. The van der Waals surface area contributed by atoms with E-state index in [4.69, 9.17) is 17.3 Å². The second kappa shape index (κ2) is 4.57. The van der Waals surface area contributed by atoms with E-state index >= 15 is 0 Å². The maximum Gasteiger partial charge on any atom is 0.183 e. The molecule has 1 aliphatic heterocycles. The van der Waals surface area contributed by atoms with Crippen LogP contribution in [0.3, 0.4) is 0 Å². The van der Waals surface area contributed by atoms with E-state index in [1.807, 2.05) is 6.20 Å². The van der Waals surface area contributed by atoms with E-state index < -0.39 is 0 Å². The summed E-state index contributed by atoms with van der Waals surface area (Å²) in [6, 6.07) is 0.552. The third-order valence-corrected chi connectivity index (χ3v) is 3.76. The van der Waals surface area contributed by atoms with Crippen LogP contribution in [0.5, 0.6) is 0 Å². The summed E-state index contributed by atoms with van der Waals surface area (Å²) in [4.78, 5) is 7.69. The van der Waals surface area contributed by atoms with Gasteiger partial charge in [0.25, 0.3) is 0 Å². The molecule has 0 unspecified atom stereocenters. The van der Waals surface area contributed by atoms with Crippen LogP contribution in [0.2, 0.25) is 4.47 Å². The fourth-order valence-electron chi connectivity index (χ4n) is 1.93. The van der Waals surface area contributed by atoms with Gasteiger partial charge < -0.3 is 5.73 Å². The molecular formula is C9H14ClN3S.